The van der Waals surface area contributed by atoms with Crippen molar-refractivity contribution in [2.45, 2.75) is 26.2 Å². The van der Waals surface area contributed by atoms with Gasteiger partial charge in [0.25, 0.3) is 5.91 Å². The average molecular weight is 354 g/mol. The average Bonchev–Trinajstić information content (AvgIpc) is 2.72. The molecule has 1 aromatic heterocycles. The first kappa shape index (κ1) is 18.2. The van der Waals surface area contributed by atoms with E-state index in [2.05, 4.69) is 21.8 Å². The van der Waals surface area contributed by atoms with Gasteiger partial charge in [-0.15, -0.1) is 0 Å². The van der Waals surface area contributed by atoms with Crippen molar-refractivity contribution in [3.05, 3.63) is 48.3 Å². The molecule has 0 unspecified atom stereocenters. The van der Waals surface area contributed by atoms with E-state index in [1.54, 1.807) is 18.5 Å². The summed E-state index contributed by atoms with van der Waals surface area (Å²) in [7, 11) is 0. The van der Waals surface area contributed by atoms with Crippen LogP contribution in [0.4, 0.5) is 5.95 Å². The van der Waals surface area contributed by atoms with Gasteiger partial charge in [-0.2, -0.15) is 0 Å². The summed E-state index contributed by atoms with van der Waals surface area (Å²) in [5.74, 6) is 1.61. The molecule has 0 radical (unpaired) electrons. The fraction of sp³-hybridized carbons (Fsp3) is 0.450. The molecule has 3 rings (SSSR count). The Hall–Kier alpha value is -2.63. The Bertz CT molecular complexity index is 683. The molecule has 0 atom stereocenters. The lowest BCUT2D eigenvalue weighted by Gasteiger charge is -2.34. The highest BCUT2D eigenvalue weighted by Gasteiger charge is 2.23. The third-order valence-electron chi connectivity index (χ3n) is 4.52. The van der Waals surface area contributed by atoms with E-state index in [1.165, 1.54) is 12.8 Å². The number of unbranched alkanes of at least 4 members (excludes halogenated alkanes) is 2. The molecule has 1 aliphatic heterocycles. The first-order valence-electron chi connectivity index (χ1n) is 9.32. The summed E-state index contributed by atoms with van der Waals surface area (Å²) in [5, 5.41) is 0. The van der Waals surface area contributed by atoms with Crippen LogP contribution in [0.1, 0.15) is 36.5 Å². The summed E-state index contributed by atoms with van der Waals surface area (Å²) in [4.78, 5) is 25.2. The number of amides is 1. The SMILES string of the molecule is CCCCCOc1ccc(C(=O)N2CCN(c3ncccn3)CC2)cc1. The molecule has 1 aromatic carbocycles. The van der Waals surface area contributed by atoms with Crippen LogP contribution in [0.2, 0.25) is 0 Å². The van der Waals surface area contributed by atoms with Crippen molar-refractivity contribution in [3.8, 4) is 5.75 Å². The summed E-state index contributed by atoms with van der Waals surface area (Å²) in [6, 6.07) is 9.27. The Morgan fingerprint density at radius 1 is 1.04 bits per heavy atom. The quantitative estimate of drug-likeness (QED) is 0.716. The second kappa shape index (κ2) is 9.17. The zero-order chi connectivity index (χ0) is 18.2. The fourth-order valence-electron chi connectivity index (χ4n) is 2.98. The number of ether oxygens (including phenoxy) is 1. The molecule has 0 aliphatic carbocycles. The second-order valence-electron chi connectivity index (χ2n) is 6.41. The second-order valence-corrected chi connectivity index (χ2v) is 6.41. The van der Waals surface area contributed by atoms with Crippen molar-refractivity contribution < 1.29 is 9.53 Å². The molecular weight excluding hydrogens is 328 g/mol. The van der Waals surface area contributed by atoms with Crippen LogP contribution in [0, 0.1) is 0 Å². The summed E-state index contributed by atoms with van der Waals surface area (Å²) in [6.45, 7) is 5.74. The van der Waals surface area contributed by atoms with Gasteiger partial charge >= 0.3 is 0 Å². The van der Waals surface area contributed by atoms with E-state index in [0.717, 1.165) is 37.8 Å². The highest BCUT2D eigenvalue weighted by atomic mass is 16.5. The maximum atomic E-state index is 12.7. The van der Waals surface area contributed by atoms with Crippen LogP contribution in [0.5, 0.6) is 5.75 Å². The highest BCUT2D eigenvalue weighted by Crippen LogP contribution is 2.16. The van der Waals surface area contributed by atoms with E-state index in [9.17, 15) is 4.79 Å². The number of hydrogen-bond acceptors (Lipinski definition) is 5. The molecule has 1 amide bonds. The van der Waals surface area contributed by atoms with Crippen LogP contribution in [0.15, 0.2) is 42.7 Å². The van der Waals surface area contributed by atoms with Gasteiger partial charge in [0.1, 0.15) is 5.75 Å². The molecule has 0 spiro atoms. The normalized spacial score (nSPS) is 14.3. The van der Waals surface area contributed by atoms with Crippen LogP contribution in [-0.4, -0.2) is 53.6 Å². The van der Waals surface area contributed by atoms with Crippen molar-refractivity contribution in [2.75, 3.05) is 37.7 Å². The Kier molecular flexibility index (Phi) is 6.41. The molecule has 1 fully saturated rings. The first-order chi connectivity index (χ1) is 12.8. The topological polar surface area (TPSA) is 58.6 Å². The third kappa shape index (κ3) is 4.71. The van der Waals surface area contributed by atoms with Gasteiger partial charge in [-0.25, -0.2) is 9.97 Å². The summed E-state index contributed by atoms with van der Waals surface area (Å²) < 4.78 is 5.71. The number of carbonyl (C=O) groups is 1. The summed E-state index contributed by atoms with van der Waals surface area (Å²) in [6.07, 6.45) is 6.90. The number of aromatic nitrogens is 2. The molecule has 2 aromatic rings. The van der Waals surface area contributed by atoms with Gasteiger partial charge in [0.15, 0.2) is 0 Å². The van der Waals surface area contributed by atoms with Gasteiger partial charge in [0.05, 0.1) is 6.61 Å². The molecule has 1 saturated heterocycles. The lowest BCUT2D eigenvalue weighted by Crippen LogP contribution is -2.49. The Labute approximate surface area is 154 Å². The number of benzene rings is 1. The fourth-order valence-corrected chi connectivity index (χ4v) is 2.98. The van der Waals surface area contributed by atoms with Gasteiger partial charge in [-0.05, 0) is 36.8 Å². The van der Waals surface area contributed by atoms with Crippen LogP contribution in [0.3, 0.4) is 0 Å². The maximum Gasteiger partial charge on any atom is 0.253 e. The van der Waals surface area contributed by atoms with E-state index in [4.69, 9.17) is 4.74 Å². The number of rotatable bonds is 7. The van der Waals surface area contributed by atoms with E-state index in [0.29, 0.717) is 18.7 Å². The zero-order valence-electron chi connectivity index (χ0n) is 15.3. The van der Waals surface area contributed by atoms with Crippen molar-refractivity contribution in [1.29, 1.82) is 0 Å². The Balaban J connectivity index is 1.50. The largest absolute Gasteiger partial charge is 0.494 e. The van der Waals surface area contributed by atoms with Crippen molar-refractivity contribution in [1.82, 2.24) is 14.9 Å². The lowest BCUT2D eigenvalue weighted by molar-refractivity contribution is 0.0746. The van der Waals surface area contributed by atoms with Crippen LogP contribution >= 0.6 is 0 Å². The van der Waals surface area contributed by atoms with Crippen molar-refractivity contribution in [3.63, 3.8) is 0 Å². The minimum atomic E-state index is 0.0659. The van der Waals surface area contributed by atoms with E-state index in [-0.39, 0.29) is 5.91 Å². The molecule has 26 heavy (non-hydrogen) atoms. The summed E-state index contributed by atoms with van der Waals surface area (Å²) in [5.41, 5.74) is 0.704. The maximum absolute atomic E-state index is 12.7. The molecule has 2 heterocycles. The molecular formula is C20H26N4O2. The van der Waals surface area contributed by atoms with Crippen LogP contribution in [-0.2, 0) is 0 Å². The van der Waals surface area contributed by atoms with Gasteiger partial charge < -0.3 is 14.5 Å². The van der Waals surface area contributed by atoms with E-state index < -0.39 is 0 Å². The van der Waals surface area contributed by atoms with E-state index in [1.807, 2.05) is 29.2 Å². The number of anilines is 1. The third-order valence-corrected chi connectivity index (χ3v) is 4.52. The number of piperazine rings is 1. The predicted molar refractivity (Wildman–Crippen MR) is 102 cm³/mol. The number of carbonyl (C=O) groups excluding carboxylic acids is 1. The van der Waals surface area contributed by atoms with Crippen molar-refractivity contribution in [2.24, 2.45) is 0 Å². The molecule has 0 N–H and O–H groups in total. The Morgan fingerprint density at radius 3 is 2.38 bits per heavy atom. The molecule has 6 heteroatoms. The lowest BCUT2D eigenvalue weighted by atomic mass is 10.1. The Morgan fingerprint density at radius 2 is 1.73 bits per heavy atom. The summed E-state index contributed by atoms with van der Waals surface area (Å²) >= 11 is 0. The van der Waals surface area contributed by atoms with Gasteiger partial charge in [0, 0.05) is 44.1 Å². The smallest absolute Gasteiger partial charge is 0.253 e. The van der Waals surface area contributed by atoms with Crippen molar-refractivity contribution >= 4 is 11.9 Å². The zero-order valence-corrected chi connectivity index (χ0v) is 15.3. The van der Waals surface area contributed by atoms with Crippen LogP contribution < -0.4 is 9.64 Å². The van der Waals surface area contributed by atoms with E-state index >= 15 is 0 Å². The first-order valence-corrected chi connectivity index (χ1v) is 9.32. The molecule has 138 valence electrons. The monoisotopic (exact) mass is 354 g/mol. The molecule has 1 aliphatic rings. The van der Waals surface area contributed by atoms with Gasteiger partial charge in [0.2, 0.25) is 5.95 Å². The number of hydrogen-bond donors (Lipinski definition) is 0. The van der Waals surface area contributed by atoms with Crippen LogP contribution in [0.25, 0.3) is 0 Å². The minimum Gasteiger partial charge on any atom is -0.494 e. The molecule has 6 nitrogen and oxygen atoms in total. The number of nitrogens with zero attached hydrogens (tertiary/aromatic N) is 4. The van der Waals surface area contributed by atoms with Gasteiger partial charge in [-0.3, -0.25) is 4.79 Å². The standard InChI is InChI=1S/C20H26N4O2/c1-2-3-4-16-26-18-8-6-17(7-9-18)19(25)23-12-14-24(15-13-23)20-21-10-5-11-22-20/h5-11H,2-4,12-16H2,1H3. The molecule has 0 bridgehead atoms. The highest BCUT2D eigenvalue weighted by molar-refractivity contribution is 5.94. The molecule has 0 saturated carbocycles. The van der Waals surface area contributed by atoms with Gasteiger partial charge in [-0.1, -0.05) is 19.8 Å². The predicted octanol–water partition coefficient (Wildman–Crippen LogP) is 3.01. The minimum absolute atomic E-state index is 0.0659.